The van der Waals surface area contributed by atoms with Gasteiger partial charge in [0, 0.05) is 26.3 Å². The van der Waals surface area contributed by atoms with Gasteiger partial charge in [0.05, 0.1) is 10.6 Å². The van der Waals surface area contributed by atoms with E-state index in [1.165, 1.54) is 6.42 Å². The van der Waals surface area contributed by atoms with Gasteiger partial charge in [-0.1, -0.05) is 25.4 Å². The average Bonchev–Trinajstić information content (AvgIpc) is 2.36. The van der Waals surface area contributed by atoms with Crippen molar-refractivity contribution in [2.45, 2.75) is 20.3 Å². The lowest BCUT2D eigenvalue weighted by atomic mass is 9.91. The van der Waals surface area contributed by atoms with E-state index in [0.717, 1.165) is 13.1 Å². The second kappa shape index (κ2) is 5.78. The normalized spacial score (nSPS) is 23.3. The van der Waals surface area contributed by atoms with Crippen molar-refractivity contribution in [3.8, 4) is 0 Å². The zero-order valence-electron chi connectivity index (χ0n) is 11.6. The van der Waals surface area contributed by atoms with Crippen molar-refractivity contribution in [2.75, 3.05) is 25.5 Å². The number of piperidine rings is 1. The van der Waals surface area contributed by atoms with Crippen molar-refractivity contribution in [1.82, 2.24) is 9.88 Å². The van der Waals surface area contributed by atoms with Crippen molar-refractivity contribution in [3.05, 3.63) is 22.8 Å². The first kappa shape index (κ1) is 14.1. The number of hydrogen-bond donors (Lipinski definition) is 1. The summed E-state index contributed by atoms with van der Waals surface area (Å²) in [5, 5.41) is 3.37. The second-order valence-corrected chi connectivity index (χ2v) is 5.87. The summed E-state index contributed by atoms with van der Waals surface area (Å²) in [6.07, 6.45) is 2.77. The van der Waals surface area contributed by atoms with Gasteiger partial charge in [-0.2, -0.15) is 0 Å². The Morgan fingerprint density at radius 2 is 2.05 bits per heavy atom. The predicted molar refractivity (Wildman–Crippen MR) is 77.6 cm³/mol. The van der Waals surface area contributed by atoms with E-state index in [9.17, 15) is 4.79 Å². The number of rotatable bonds is 2. The fourth-order valence-electron chi connectivity index (χ4n) is 2.75. The number of likely N-dealkylation sites (tertiary alicyclic amines) is 1. The molecule has 0 bridgehead atoms. The number of anilines is 1. The molecular formula is C14H20ClN3O. The van der Waals surface area contributed by atoms with Gasteiger partial charge >= 0.3 is 0 Å². The highest BCUT2D eigenvalue weighted by Crippen LogP contribution is 2.24. The molecule has 1 fully saturated rings. The summed E-state index contributed by atoms with van der Waals surface area (Å²) in [5.74, 6) is 1.72. The molecule has 4 nitrogen and oxygen atoms in total. The topological polar surface area (TPSA) is 45.2 Å². The summed E-state index contributed by atoms with van der Waals surface area (Å²) >= 11 is 6.07. The van der Waals surface area contributed by atoms with Crippen LogP contribution in [0.1, 0.15) is 30.6 Å². The van der Waals surface area contributed by atoms with Crippen LogP contribution in [-0.4, -0.2) is 35.9 Å². The molecule has 5 heteroatoms. The Balaban J connectivity index is 2.17. The molecule has 0 aromatic carbocycles. The van der Waals surface area contributed by atoms with Gasteiger partial charge in [-0.05, 0) is 24.3 Å². The SMILES string of the molecule is CNc1ncc(C(=O)N2CC(C)CC(C)C2)cc1Cl. The summed E-state index contributed by atoms with van der Waals surface area (Å²) in [7, 11) is 1.75. The smallest absolute Gasteiger partial charge is 0.255 e. The molecule has 1 amide bonds. The fraction of sp³-hybridized carbons (Fsp3) is 0.571. The number of halogens is 1. The largest absolute Gasteiger partial charge is 0.372 e. The molecule has 2 atom stereocenters. The van der Waals surface area contributed by atoms with E-state index in [4.69, 9.17) is 11.6 Å². The van der Waals surface area contributed by atoms with Crippen LogP contribution in [0.15, 0.2) is 12.3 Å². The molecule has 1 aromatic heterocycles. The van der Waals surface area contributed by atoms with Crippen LogP contribution in [0.5, 0.6) is 0 Å². The Morgan fingerprint density at radius 3 is 2.58 bits per heavy atom. The van der Waals surface area contributed by atoms with Gasteiger partial charge in [-0.3, -0.25) is 4.79 Å². The molecule has 2 unspecified atom stereocenters. The van der Waals surface area contributed by atoms with Gasteiger partial charge in [0.15, 0.2) is 0 Å². The summed E-state index contributed by atoms with van der Waals surface area (Å²) in [4.78, 5) is 18.5. The van der Waals surface area contributed by atoms with Crippen LogP contribution >= 0.6 is 11.6 Å². The summed E-state index contributed by atoms with van der Waals surface area (Å²) in [5.41, 5.74) is 0.560. The highest BCUT2D eigenvalue weighted by atomic mass is 35.5. The van der Waals surface area contributed by atoms with Gasteiger partial charge in [0.2, 0.25) is 0 Å². The maximum absolute atomic E-state index is 12.4. The zero-order chi connectivity index (χ0) is 14.0. The molecule has 2 rings (SSSR count). The zero-order valence-corrected chi connectivity index (χ0v) is 12.4. The van der Waals surface area contributed by atoms with E-state index in [0.29, 0.717) is 28.2 Å². The molecule has 1 aliphatic rings. The monoisotopic (exact) mass is 281 g/mol. The predicted octanol–water partition coefficient (Wildman–Crippen LogP) is 2.89. The Hall–Kier alpha value is -1.29. The average molecular weight is 282 g/mol. The van der Waals surface area contributed by atoms with E-state index in [-0.39, 0.29) is 5.91 Å². The minimum atomic E-state index is 0.0236. The number of pyridine rings is 1. The molecule has 19 heavy (non-hydrogen) atoms. The third-order valence-corrected chi connectivity index (χ3v) is 3.77. The Morgan fingerprint density at radius 1 is 1.42 bits per heavy atom. The van der Waals surface area contributed by atoms with Crippen LogP contribution in [0.4, 0.5) is 5.82 Å². The first-order valence-corrected chi connectivity index (χ1v) is 7.01. The standard InChI is InChI=1S/C14H20ClN3O/c1-9-4-10(2)8-18(7-9)14(19)11-5-12(15)13(16-3)17-6-11/h5-6,9-10H,4,7-8H2,1-3H3,(H,16,17). The van der Waals surface area contributed by atoms with Gasteiger partial charge in [-0.25, -0.2) is 4.98 Å². The Labute approximate surface area is 119 Å². The summed E-state index contributed by atoms with van der Waals surface area (Å²) in [6.45, 7) is 6.00. The lowest BCUT2D eigenvalue weighted by molar-refractivity contribution is 0.0623. The summed E-state index contributed by atoms with van der Waals surface area (Å²) < 4.78 is 0. The first-order chi connectivity index (χ1) is 9.01. The molecular weight excluding hydrogens is 262 g/mol. The fourth-order valence-corrected chi connectivity index (χ4v) is 3.01. The minimum absolute atomic E-state index is 0.0236. The van der Waals surface area contributed by atoms with Gasteiger partial charge in [0.25, 0.3) is 5.91 Å². The van der Waals surface area contributed by atoms with E-state index in [1.54, 1.807) is 19.3 Å². The number of carbonyl (C=O) groups excluding carboxylic acids is 1. The van der Waals surface area contributed by atoms with Crippen molar-refractivity contribution >= 4 is 23.3 Å². The maximum atomic E-state index is 12.4. The van der Waals surface area contributed by atoms with Gasteiger partial charge in [-0.15, -0.1) is 0 Å². The number of aromatic nitrogens is 1. The van der Waals surface area contributed by atoms with E-state index >= 15 is 0 Å². The van der Waals surface area contributed by atoms with Gasteiger partial charge in [0.1, 0.15) is 5.82 Å². The number of hydrogen-bond acceptors (Lipinski definition) is 3. The molecule has 0 spiro atoms. The third kappa shape index (κ3) is 3.18. The van der Waals surface area contributed by atoms with Crippen LogP contribution in [0, 0.1) is 11.8 Å². The Bertz CT molecular complexity index is 468. The third-order valence-electron chi connectivity index (χ3n) is 3.48. The minimum Gasteiger partial charge on any atom is -0.372 e. The molecule has 1 aliphatic heterocycles. The van der Waals surface area contributed by atoms with Crippen molar-refractivity contribution in [1.29, 1.82) is 0 Å². The van der Waals surface area contributed by atoms with Crippen LogP contribution in [0.2, 0.25) is 5.02 Å². The van der Waals surface area contributed by atoms with Crippen molar-refractivity contribution in [2.24, 2.45) is 11.8 Å². The highest BCUT2D eigenvalue weighted by Gasteiger charge is 2.26. The van der Waals surface area contributed by atoms with Crippen molar-refractivity contribution in [3.63, 3.8) is 0 Å². The number of nitrogens with one attached hydrogen (secondary N) is 1. The summed E-state index contributed by atoms with van der Waals surface area (Å²) in [6, 6.07) is 1.69. The second-order valence-electron chi connectivity index (χ2n) is 5.46. The quantitative estimate of drug-likeness (QED) is 0.907. The molecule has 0 radical (unpaired) electrons. The van der Waals surface area contributed by atoms with E-state index in [1.807, 2.05) is 4.90 Å². The molecule has 1 N–H and O–H groups in total. The molecule has 104 valence electrons. The first-order valence-electron chi connectivity index (χ1n) is 6.63. The van der Waals surface area contributed by atoms with Crippen molar-refractivity contribution < 1.29 is 4.79 Å². The highest BCUT2D eigenvalue weighted by molar-refractivity contribution is 6.33. The number of nitrogens with zero attached hydrogens (tertiary/aromatic N) is 2. The lowest BCUT2D eigenvalue weighted by Crippen LogP contribution is -2.42. The molecule has 2 heterocycles. The van der Waals surface area contributed by atoms with E-state index < -0.39 is 0 Å². The van der Waals surface area contributed by atoms with Crippen LogP contribution < -0.4 is 5.32 Å². The maximum Gasteiger partial charge on any atom is 0.255 e. The number of amides is 1. The van der Waals surface area contributed by atoms with Crippen LogP contribution in [-0.2, 0) is 0 Å². The molecule has 1 saturated heterocycles. The van der Waals surface area contributed by atoms with E-state index in [2.05, 4.69) is 24.1 Å². The lowest BCUT2D eigenvalue weighted by Gasteiger charge is -2.35. The van der Waals surface area contributed by atoms with Crippen LogP contribution in [0.3, 0.4) is 0 Å². The molecule has 0 saturated carbocycles. The van der Waals surface area contributed by atoms with Crippen LogP contribution in [0.25, 0.3) is 0 Å². The molecule has 0 aliphatic carbocycles. The van der Waals surface area contributed by atoms with Gasteiger partial charge < -0.3 is 10.2 Å². The Kier molecular flexibility index (Phi) is 4.30. The molecule has 1 aromatic rings. The number of carbonyl (C=O) groups is 1.